The third-order valence-corrected chi connectivity index (χ3v) is 3.49. The highest BCUT2D eigenvalue weighted by Crippen LogP contribution is 2.19. The quantitative estimate of drug-likeness (QED) is 0.791. The maximum atomic E-state index is 12.0. The fourth-order valence-electron chi connectivity index (χ4n) is 1.57. The number of carbonyl (C=O) groups is 1. The minimum Gasteiger partial charge on any atom is -0.507 e. The van der Waals surface area contributed by atoms with Gasteiger partial charge in [0, 0.05) is 15.1 Å². The van der Waals surface area contributed by atoms with E-state index in [2.05, 4.69) is 27.9 Å². The van der Waals surface area contributed by atoms with Crippen LogP contribution in [0.4, 0.5) is 0 Å². The fraction of sp³-hybridized carbons (Fsp3) is 0.0714. The van der Waals surface area contributed by atoms with Crippen molar-refractivity contribution >= 4 is 40.1 Å². The number of benzene rings is 2. The van der Waals surface area contributed by atoms with Crippen LogP contribution in [0.15, 0.2) is 42.5 Å². The van der Waals surface area contributed by atoms with Crippen LogP contribution in [0.3, 0.4) is 0 Å². The highest BCUT2D eigenvalue weighted by molar-refractivity contribution is 14.1. The number of rotatable bonds is 3. The molecule has 0 radical (unpaired) electrons. The van der Waals surface area contributed by atoms with Gasteiger partial charge in [0.1, 0.15) is 5.75 Å². The van der Waals surface area contributed by atoms with E-state index in [-0.39, 0.29) is 17.2 Å². The molecule has 2 rings (SSSR count). The molecule has 0 bridgehead atoms. The zero-order valence-corrected chi connectivity index (χ0v) is 12.8. The maximum absolute atomic E-state index is 12.0. The van der Waals surface area contributed by atoms with E-state index in [0.29, 0.717) is 11.6 Å². The van der Waals surface area contributed by atoms with Crippen LogP contribution in [0.25, 0.3) is 0 Å². The van der Waals surface area contributed by atoms with E-state index in [1.54, 1.807) is 24.3 Å². The van der Waals surface area contributed by atoms with Gasteiger partial charge in [-0.2, -0.15) is 0 Å². The van der Waals surface area contributed by atoms with Gasteiger partial charge < -0.3 is 10.4 Å². The molecule has 19 heavy (non-hydrogen) atoms. The molecule has 1 amide bonds. The number of carbonyl (C=O) groups excluding carboxylic acids is 1. The van der Waals surface area contributed by atoms with Crippen molar-refractivity contribution in [3.8, 4) is 5.75 Å². The molecule has 3 nitrogen and oxygen atoms in total. The molecule has 0 unspecified atom stereocenters. The first-order chi connectivity index (χ1) is 9.06. The number of phenols is 1. The van der Waals surface area contributed by atoms with Gasteiger partial charge in [-0.15, -0.1) is 0 Å². The lowest BCUT2D eigenvalue weighted by Gasteiger charge is -2.07. The van der Waals surface area contributed by atoms with Gasteiger partial charge in [-0.05, 0) is 58.5 Å². The van der Waals surface area contributed by atoms with Crippen molar-refractivity contribution in [3.63, 3.8) is 0 Å². The standard InChI is InChI=1S/C14H11ClINO2/c15-10-3-1-9(2-4-10)8-17-14(19)12-7-11(16)5-6-13(12)18/h1-7,18H,8H2,(H,17,19). The lowest BCUT2D eigenvalue weighted by atomic mass is 10.1. The predicted octanol–water partition coefficient (Wildman–Crippen LogP) is 3.58. The summed E-state index contributed by atoms with van der Waals surface area (Å²) in [4.78, 5) is 12.0. The van der Waals surface area contributed by atoms with Crippen molar-refractivity contribution in [3.05, 3.63) is 62.2 Å². The smallest absolute Gasteiger partial charge is 0.255 e. The number of aromatic hydroxyl groups is 1. The number of nitrogens with one attached hydrogen (secondary N) is 1. The topological polar surface area (TPSA) is 49.3 Å². The van der Waals surface area contributed by atoms with Gasteiger partial charge in [0.2, 0.25) is 0 Å². The molecule has 5 heteroatoms. The molecule has 0 saturated carbocycles. The van der Waals surface area contributed by atoms with Gasteiger partial charge in [-0.1, -0.05) is 23.7 Å². The molecular weight excluding hydrogens is 377 g/mol. The largest absolute Gasteiger partial charge is 0.507 e. The molecule has 98 valence electrons. The minimum atomic E-state index is -0.300. The first kappa shape index (κ1) is 14.1. The van der Waals surface area contributed by atoms with Crippen LogP contribution in [0, 0.1) is 3.57 Å². The SMILES string of the molecule is O=C(NCc1ccc(Cl)cc1)c1cc(I)ccc1O. The van der Waals surface area contributed by atoms with E-state index in [1.165, 1.54) is 6.07 Å². The molecule has 0 aromatic heterocycles. The fourth-order valence-corrected chi connectivity index (χ4v) is 2.19. The van der Waals surface area contributed by atoms with Gasteiger partial charge in [-0.3, -0.25) is 4.79 Å². The summed E-state index contributed by atoms with van der Waals surface area (Å²) in [6.45, 7) is 0.390. The molecular formula is C14H11ClINO2. The summed E-state index contributed by atoms with van der Waals surface area (Å²) in [7, 11) is 0. The van der Waals surface area contributed by atoms with Gasteiger partial charge >= 0.3 is 0 Å². The van der Waals surface area contributed by atoms with E-state index in [0.717, 1.165) is 9.13 Å². The van der Waals surface area contributed by atoms with Crippen molar-refractivity contribution in [1.29, 1.82) is 0 Å². The first-order valence-electron chi connectivity index (χ1n) is 5.57. The Labute approximate surface area is 129 Å². The normalized spacial score (nSPS) is 10.2. The van der Waals surface area contributed by atoms with Crippen LogP contribution >= 0.6 is 34.2 Å². The summed E-state index contributed by atoms with van der Waals surface area (Å²) in [5.41, 5.74) is 1.23. The van der Waals surface area contributed by atoms with Crippen molar-refractivity contribution in [2.24, 2.45) is 0 Å². The maximum Gasteiger partial charge on any atom is 0.255 e. The minimum absolute atomic E-state index is 0.0194. The van der Waals surface area contributed by atoms with Crippen molar-refractivity contribution in [2.75, 3.05) is 0 Å². The average Bonchev–Trinajstić information content (AvgIpc) is 2.40. The number of halogens is 2. The van der Waals surface area contributed by atoms with Crippen LogP contribution in [0.1, 0.15) is 15.9 Å². The zero-order valence-electron chi connectivity index (χ0n) is 9.86. The van der Waals surface area contributed by atoms with Gasteiger partial charge in [-0.25, -0.2) is 0 Å². The van der Waals surface area contributed by atoms with E-state index in [1.807, 2.05) is 12.1 Å². The van der Waals surface area contributed by atoms with Crippen molar-refractivity contribution < 1.29 is 9.90 Å². The molecule has 2 aromatic rings. The summed E-state index contributed by atoms with van der Waals surface area (Å²) in [5, 5.41) is 13.1. The summed E-state index contributed by atoms with van der Waals surface area (Å²) >= 11 is 7.88. The zero-order chi connectivity index (χ0) is 13.8. The third-order valence-electron chi connectivity index (χ3n) is 2.57. The van der Waals surface area contributed by atoms with E-state index in [9.17, 15) is 9.90 Å². The Hall–Kier alpha value is -1.27. The molecule has 2 aromatic carbocycles. The summed E-state index contributed by atoms with van der Waals surface area (Å²) in [5.74, 6) is -0.319. The lowest BCUT2D eigenvalue weighted by Crippen LogP contribution is -2.22. The van der Waals surface area contributed by atoms with Crippen LogP contribution in [0.5, 0.6) is 5.75 Å². The molecule has 0 atom stereocenters. The number of hydrogen-bond acceptors (Lipinski definition) is 2. The second-order valence-corrected chi connectivity index (χ2v) is 5.65. The molecule has 0 saturated heterocycles. The number of hydrogen-bond donors (Lipinski definition) is 2. The second-order valence-electron chi connectivity index (χ2n) is 3.97. The van der Waals surface area contributed by atoms with Crippen LogP contribution in [-0.2, 0) is 6.54 Å². The molecule has 0 aliphatic heterocycles. The Morgan fingerprint density at radius 2 is 1.89 bits per heavy atom. The lowest BCUT2D eigenvalue weighted by molar-refractivity contribution is 0.0948. The van der Waals surface area contributed by atoms with Crippen LogP contribution < -0.4 is 5.32 Å². The van der Waals surface area contributed by atoms with E-state index >= 15 is 0 Å². The van der Waals surface area contributed by atoms with Gasteiger partial charge in [0.05, 0.1) is 5.56 Å². The Morgan fingerprint density at radius 3 is 2.58 bits per heavy atom. The van der Waals surface area contributed by atoms with E-state index < -0.39 is 0 Å². The highest BCUT2D eigenvalue weighted by Gasteiger charge is 2.11. The summed E-state index contributed by atoms with van der Waals surface area (Å²) in [6.07, 6.45) is 0. The molecule has 0 spiro atoms. The predicted molar refractivity (Wildman–Crippen MR) is 83.4 cm³/mol. The summed E-state index contributed by atoms with van der Waals surface area (Å²) in [6, 6.07) is 12.1. The highest BCUT2D eigenvalue weighted by atomic mass is 127. The van der Waals surface area contributed by atoms with Crippen LogP contribution in [-0.4, -0.2) is 11.0 Å². The Morgan fingerprint density at radius 1 is 1.21 bits per heavy atom. The number of amides is 1. The van der Waals surface area contributed by atoms with Crippen LogP contribution in [0.2, 0.25) is 5.02 Å². The molecule has 0 fully saturated rings. The van der Waals surface area contributed by atoms with Crippen molar-refractivity contribution in [2.45, 2.75) is 6.54 Å². The first-order valence-corrected chi connectivity index (χ1v) is 7.03. The average molecular weight is 388 g/mol. The Bertz CT molecular complexity index is 599. The Balaban J connectivity index is 2.05. The molecule has 2 N–H and O–H groups in total. The Kier molecular flexibility index (Phi) is 4.66. The third kappa shape index (κ3) is 3.84. The van der Waals surface area contributed by atoms with Gasteiger partial charge in [0.25, 0.3) is 5.91 Å². The summed E-state index contributed by atoms with van der Waals surface area (Å²) < 4.78 is 0.895. The second kappa shape index (κ2) is 6.25. The molecule has 0 aliphatic rings. The van der Waals surface area contributed by atoms with Gasteiger partial charge in [0.15, 0.2) is 0 Å². The molecule has 0 aliphatic carbocycles. The number of phenolic OH excluding ortho intramolecular Hbond substituents is 1. The monoisotopic (exact) mass is 387 g/mol. The van der Waals surface area contributed by atoms with Crippen molar-refractivity contribution in [1.82, 2.24) is 5.32 Å². The van der Waals surface area contributed by atoms with E-state index in [4.69, 9.17) is 11.6 Å². The molecule has 0 heterocycles.